The van der Waals surface area contributed by atoms with Gasteiger partial charge in [0.1, 0.15) is 11.4 Å². The molecule has 0 aromatic rings. The summed E-state index contributed by atoms with van der Waals surface area (Å²) in [5.74, 6) is 0.0654. The second kappa shape index (κ2) is 6.64. The number of Topliss-reactive ketones (excluding diaryl/α,β-unsaturated/α-hetero) is 1. The van der Waals surface area contributed by atoms with Gasteiger partial charge in [0.15, 0.2) is 0 Å². The van der Waals surface area contributed by atoms with Crippen molar-refractivity contribution in [1.29, 1.82) is 0 Å². The molecule has 3 rings (SSSR count). The number of methoxy groups -OCH3 is 1. The molecule has 0 radical (unpaired) electrons. The first-order valence-electron chi connectivity index (χ1n) is 9.56. The maximum atomic E-state index is 13.0. The molecule has 0 amide bonds. The van der Waals surface area contributed by atoms with Crippen molar-refractivity contribution in [3.63, 3.8) is 0 Å². The standard InChI is InChI=1S/C21H32O4/c1-13(2)14-5-7-20(3)10-18-15(6-8-21(18,24)12-25-4)16(11-22)19(23)9-17(14)20/h10,13,15-16,22,24H,5-9,11-12H2,1-4H3/b18-10+/t15-,16-,20+,21-/m0/s1. The van der Waals surface area contributed by atoms with E-state index in [1.807, 2.05) is 0 Å². The van der Waals surface area contributed by atoms with Crippen LogP contribution in [0.15, 0.2) is 22.8 Å². The van der Waals surface area contributed by atoms with Crippen molar-refractivity contribution in [2.45, 2.75) is 58.5 Å². The molecule has 0 bridgehead atoms. The average Bonchev–Trinajstić information content (AvgIpc) is 3.00. The highest BCUT2D eigenvalue weighted by Crippen LogP contribution is 2.54. The van der Waals surface area contributed by atoms with Crippen LogP contribution in [0, 0.1) is 23.2 Å². The van der Waals surface area contributed by atoms with Gasteiger partial charge in [-0.15, -0.1) is 0 Å². The summed E-state index contributed by atoms with van der Waals surface area (Å²) in [4.78, 5) is 13.0. The molecule has 1 saturated carbocycles. The lowest BCUT2D eigenvalue weighted by Gasteiger charge is -2.36. The predicted molar refractivity (Wildman–Crippen MR) is 97.0 cm³/mol. The normalized spacial score (nSPS) is 40.6. The highest BCUT2D eigenvalue weighted by Gasteiger charge is 2.50. The van der Waals surface area contributed by atoms with Crippen molar-refractivity contribution in [3.05, 3.63) is 22.8 Å². The van der Waals surface area contributed by atoms with Crippen molar-refractivity contribution < 1.29 is 19.7 Å². The topological polar surface area (TPSA) is 66.8 Å². The maximum absolute atomic E-state index is 13.0. The Bertz CT molecular complexity index is 617. The number of rotatable bonds is 4. The molecular formula is C21H32O4. The van der Waals surface area contributed by atoms with E-state index in [1.54, 1.807) is 7.11 Å². The number of carbonyl (C=O) groups excluding carboxylic acids is 1. The van der Waals surface area contributed by atoms with Crippen LogP contribution in [0.4, 0.5) is 0 Å². The van der Waals surface area contributed by atoms with Gasteiger partial charge in [-0.2, -0.15) is 0 Å². The minimum Gasteiger partial charge on any atom is -0.396 e. The minimum absolute atomic E-state index is 0.0703. The summed E-state index contributed by atoms with van der Waals surface area (Å²) in [7, 11) is 1.60. The van der Waals surface area contributed by atoms with E-state index in [1.165, 1.54) is 11.1 Å². The Labute approximate surface area is 151 Å². The van der Waals surface area contributed by atoms with E-state index >= 15 is 0 Å². The first-order valence-corrected chi connectivity index (χ1v) is 9.56. The zero-order valence-electron chi connectivity index (χ0n) is 16.0. The largest absolute Gasteiger partial charge is 0.396 e. The molecule has 0 spiro atoms. The Balaban J connectivity index is 2.16. The van der Waals surface area contributed by atoms with Gasteiger partial charge in [-0.1, -0.05) is 38.0 Å². The highest BCUT2D eigenvalue weighted by molar-refractivity contribution is 5.85. The SMILES string of the molecule is COC[C@@]1(O)CC[C@@H]2/C1=C\[C@@]1(C)CCC(C(C)C)=C1CC(=O)[C@H]2CO. The Hall–Kier alpha value is -0.970. The quantitative estimate of drug-likeness (QED) is 0.767. The van der Waals surface area contributed by atoms with Gasteiger partial charge in [-0.25, -0.2) is 0 Å². The van der Waals surface area contributed by atoms with Gasteiger partial charge < -0.3 is 14.9 Å². The van der Waals surface area contributed by atoms with E-state index in [0.29, 0.717) is 18.8 Å². The highest BCUT2D eigenvalue weighted by atomic mass is 16.5. The van der Waals surface area contributed by atoms with E-state index in [-0.39, 0.29) is 30.3 Å². The number of hydrogen-bond donors (Lipinski definition) is 2. The molecule has 0 aliphatic heterocycles. The van der Waals surface area contributed by atoms with Crippen LogP contribution >= 0.6 is 0 Å². The second-order valence-corrected chi connectivity index (χ2v) is 8.72. The molecule has 2 N–H and O–H groups in total. The van der Waals surface area contributed by atoms with E-state index in [0.717, 1.165) is 24.8 Å². The van der Waals surface area contributed by atoms with Crippen molar-refractivity contribution in [1.82, 2.24) is 0 Å². The number of carbonyl (C=O) groups is 1. The lowest BCUT2D eigenvalue weighted by Crippen LogP contribution is -2.39. The molecule has 4 atom stereocenters. The summed E-state index contributed by atoms with van der Waals surface area (Å²) in [5.41, 5.74) is 2.35. The van der Waals surface area contributed by atoms with Crippen LogP contribution < -0.4 is 0 Å². The van der Waals surface area contributed by atoms with Crippen LogP contribution in [0.25, 0.3) is 0 Å². The molecule has 25 heavy (non-hydrogen) atoms. The molecule has 4 heteroatoms. The number of aliphatic hydroxyl groups is 2. The number of ether oxygens (including phenoxy) is 1. The molecule has 0 heterocycles. The minimum atomic E-state index is -1.01. The van der Waals surface area contributed by atoms with Gasteiger partial charge in [0, 0.05) is 24.9 Å². The fourth-order valence-electron chi connectivity index (χ4n) is 5.37. The van der Waals surface area contributed by atoms with Gasteiger partial charge >= 0.3 is 0 Å². The molecule has 0 aromatic carbocycles. The maximum Gasteiger partial charge on any atom is 0.142 e. The molecule has 140 valence electrons. The Morgan fingerprint density at radius 1 is 1.36 bits per heavy atom. The smallest absolute Gasteiger partial charge is 0.142 e. The Kier molecular flexibility index (Phi) is 5.00. The van der Waals surface area contributed by atoms with Gasteiger partial charge in [-0.05, 0) is 43.1 Å². The van der Waals surface area contributed by atoms with Crippen molar-refractivity contribution in [2.75, 3.05) is 20.3 Å². The second-order valence-electron chi connectivity index (χ2n) is 8.72. The van der Waals surface area contributed by atoms with Gasteiger partial charge in [0.05, 0.1) is 13.2 Å². The lowest BCUT2D eigenvalue weighted by atomic mass is 9.69. The average molecular weight is 348 g/mol. The zero-order valence-corrected chi connectivity index (χ0v) is 16.0. The zero-order chi connectivity index (χ0) is 18.4. The molecular weight excluding hydrogens is 316 g/mol. The number of ketones is 1. The van der Waals surface area contributed by atoms with Crippen molar-refractivity contribution in [2.24, 2.45) is 23.2 Å². The summed E-state index contributed by atoms with van der Waals surface area (Å²) in [5, 5.41) is 21.1. The number of allylic oxidation sites excluding steroid dienone is 3. The van der Waals surface area contributed by atoms with E-state index in [9.17, 15) is 15.0 Å². The van der Waals surface area contributed by atoms with Crippen LogP contribution in [0.2, 0.25) is 0 Å². The summed E-state index contributed by atoms with van der Waals surface area (Å²) in [6.07, 6.45) is 6.01. The van der Waals surface area contributed by atoms with Crippen LogP contribution in [0.5, 0.6) is 0 Å². The Morgan fingerprint density at radius 2 is 2.08 bits per heavy atom. The molecule has 4 nitrogen and oxygen atoms in total. The van der Waals surface area contributed by atoms with Gasteiger partial charge in [-0.3, -0.25) is 4.79 Å². The third-order valence-electron chi connectivity index (χ3n) is 6.80. The molecule has 1 fully saturated rings. The van der Waals surface area contributed by atoms with E-state index < -0.39 is 11.5 Å². The van der Waals surface area contributed by atoms with Crippen LogP contribution in [-0.4, -0.2) is 41.9 Å². The van der Waals surface area contributed by atoms with E-state index in [2.05, 4.69) is 26.8 Å². The number of fused-ring (bicyclic) bond motifs is 2. The molecule has 0 aromatic heterocycles. The summed E-state index contributed by atoms with van der Waals surface area (Å²) >= 11 is 0. The van der Waals surface area contributed by atoms with Gasteiger partial charge in [0.2, 0.25) is 0 Å². The third kappa shape index (κ3) is 3.02. The van der Waals surface area contributed by atoms with Gasteiger partial charge in [0.25, 0.3) is 0 Å². The first kappa shape index (κ1) is 18.8. The summed E-state index contributed by atoms with van der Waals surface area (Å²) in [6, 6.07) is 0. The van der Waals surface area contributed by atoms with E-state index in [4.69, 9.17) is 4.74 Å². The summed E-state index contributed by atoms with van der Waals surface area (Å²) in [6.45, 7) is 6.68. The monoisotopic (exact) mass is 348 g/mol. The molecule has 0 saturated heterocycles. The van der Waals surface area contributed by atoms with Crippen molar-refractivity contribution >= 4 is 5.78 Å². The molecule has 3 aliphatic rings. The number of hydrogen-bond acceptors (Lipinski definition) is 4. The Morgan fingerprint density at radius 3 is 2.68 bits per heavy atom. The lowest BCUT2D eigenvalue weighted by molar-refractivity contribution is -0.125. The fraction of sp³-hybridized carbons (Fsp3) is 0.762. The predicted octanol–water partition coefficient (Wildman–Crippen LogP) is 3.03. The van der Waals surface area contributed by atoms with Crippen LogP contribution in [0.1, 0.15) is 52.9 Å². The fourth-order valence-corrected chi connectivity index (χ4v) is 5.37. The number of aliphatic hydroxyl groups excluding tert-OH is 1. The molecule has 0 unspecified atom stereocenters. The summed E-state index contributed by atoms with van der Waals surface area (Å²) < 4.78 is 5.30. The van der Waals surface area contributed by atoms with Crippen LogP contribution in [0.3, 0.4) is 0 Å². The first-order chi connectivity index (χ1) is 11.8. The third-order valence-corrected chi connectivity index (χ3v) is 6.80. The van der Waals surface area contributed by atoms with Crippen LogP contribution in [-0.2, 0) is 9.53 Å². The molecule has 3 aliphatic carbocycles. The van der Waals surface area contributed by atoms with Crippen molar-refractivity contribution in [3.8, 4) is 0 Å².